The molecule has 2 heteroatoms. The van der Waals surface area contributed by atoms with Crippen LogP contribution < -0.4 is 0 Å². The van der Waals surface area contributed by atoms with Gasteiger partial charge >= 0.3 is 0 Å². The number of amidine groups is 1. The number of nitrogens with zero attached hydrogens (tertiary/aromatic N) is 1. The summed E-state index contributed by atoms with van der Waals surface area (Å²) in [7, 11) is 0. The molecule has 1 unspecified atom stereocenters. The first-order valence-electron chi connectivity index (χ1n) is 4.97. The zero-order chi connectivity index (χ0) is 9.14. The predicted molar refractivity (Wildman–Crippen MR) is 52.5 cm³/mol. The molecule has 0 saturated carbocycles. The Labute approximate surface area is 75.5 Å². The smallest absolute Gasteiger partial charge is 0.0954 e. The van der Waals surface area contributed by atoms with Crippen LogP contribution in [0.1, 0.15) is 33.6 Å². The molecule has 70 valence electrons. The molecule has 1 aliphatic rings. The average molecular weight is 168 g/mol. The second-order valence-corrected chi connectivity index (χ2v) is 4.04. The molecule has 0 aliphatic carbocycles. The molecule has 0 amide bonds. The highest BCUT2D eigenvalue weighted by Gasteiger charge is 2.25. The minimum Gasteiger partial charge on any atom is -0.360 e. The van der Waals surface area contributed by atoms with Crippen molar-refractivity contribution in [3.8, 4) is 0 Å². The summed E-state index contributed by atoms with van der Waals surface area (Å²) < 4.78 is 0. The van der Waals surface area contributed by atoms with Gasteiger partial charge in [-0.25, -0.2) is 0 Å². The molecule has 1 atom stereocenters. The van der Waals surface area contributed by atoms with Crippen molar-refractivity contribution in [2.75, 3.05) is 13.1 Å². The van der Waals surface area contributed by atoms with E-state index < -0.39 is 0 Å². The minimum atomic E-state index is 0.777. The molecular weight excluding hydrogens is 148 g/mol. The monoisotopic (exact) mass is 168 g/mol. The van der Waals surface area contributed by atoms with Crippen molar-refractivity contribution < 1.29 is 0 Å². The van der Waals surface area contributed by atoms with E-state index in [9.17, 15) is 0 Å². The lowest BCUT2D eigenvalue weighted by atomic mass is 9.95. The van der Waals surface area contributed by atoms with Crippen molar-refractivity contribution in [3.63, 3.8) is 0 Å². The van der Waals surface area contributed by atoms with Crippen LogP contribution in [0.5, 0.6) is 0 Å². The molecule has 0 aromatic heterocycles. The van der Waals surface area contributed by atoms with Gasteiger partial charge in [-0.3, -0.25) is 5.41 Å². The van der Waals surface area contributed by atoms with Gasteiger partial charge in [0, 0.05) is 19.5 Å². The molecule has 2 nitrogen and oxygen atoms in total. The van der Waals surface area contributed by atoms with E-state index >= 15 is 0 Å². The second kappa shape index (κ2) is 3.92. The first kappa shape index (κ1) is 9.56. The summed E-state index contributed by atoms with van der Waals surface area (Å²) in [5.74, 6) is 2.41. The largest absolute Gasteiger partial charge is 0.360 e. The van der Waals surface area contributed by atoms with Gasteiger partial charge in [-0.2, -0.15) is 0 Å². The number of hydrogen-bond acceptors (Lipinski definition) is 1. The van der Waals surface area contributed by atoms with Crippen LogP contribution in [0.2, 0.25) is 0 Å². The highest BCUT2D eigenvalue weighted by atomic mass is 15.2. The van der Waals surface area contributed by atoms with Crippen molar-refractivity contribution in [2.45, 2.75) is 33.6 Å². The zero-order valence-electron chi connectivity index (χ0n) is 8.43. The lowest BCUT2D eigenvalue weighted by Crippen LogP contribution is -2.27. The molecule has 1 rings (SSSR count). The number of rotatable bonds is 2. The Morgan fingerprint density at radius 1 is 1.58 bits per heavy atom. The molecule has 0 bridgehead atoms. The second-order valence-electron chi connectivity index (χ2n) is 4.04. The summed E-state index contributed by atoms with van der Waals surface area (Å²) in [6.07, 6.45) is 2.16. The fraction of sp³-hybridized carbons (Fsp3) is 0.900. The number of likely N-dealkylation sites (tertiary alicyclic amines) is 1. The summed E-state index contributed by atoms with van der Waals surface area (Å²) in [5, 5.41) is 7.69. The molecule has 1 heterocycles. The Hall–Kier alpha value is -0.530. The van der Waals surface area contributed by atoms with E-state index in [1.807, 2.05) is 0 Å². The van der Waals surface area contributed by atoms with Gasteiger partial charge in [0.2, 0.25) is 0 Å². The van der Waals surface area contributed by atoms with Crippen molar-refractivity contribution in [1.29, 1.82) is 5.41 Å². The van der Waals surface area contributed by atoms with E-state index in [4.69, 9.17) is 5.41 Å². The molecule has 1 N–H and O–H groups in total. The fourth-order valence-electron chi connectivity index (χ4n) is 1.80. The molecule has 1 fully saturated rings. The zero-order valence-corrected chi connectivity index (χ0v) is 8.43. The molecule has 12 heavy (non-hydrogen) atoms. The van der Waals surface area contributed by atoms with Crippen molar-refractivity contribution in [1.82, 2.24) is 4.90 Å². The van der Waals surface area contributed by atoms with Crippen LogP contribution in [0, 0.1) is 17.2 Å². The Balaban J connectivity index is 2.40. The maximum absolute atomic E-state index is 7.69. The molecule has 1 saturated heterocycles. The van der Waals surface area contributed by atoms with Gasteiger partial charge in [-0.1, -0.05) is 20.8 Å². The molecule has 1 aliphatic heterocycles. The number of nitrogens with one attached hydrogen (secondary N) is 1. The van der Waals surface area contributed by atoms with Crippen LogP contribution >= 0.6 is 0 Å². The third kappa shape index (κ3) is 1.99. The maximum atomic E-state index is 7.69. The first-order chi connectivity index (χ1) is 5.65. The van der Waals surface area contributed by atoms with Gasteiger partial charge in [0.05, 0.1) is 5.84 Å². The van der Waals surface area contributed by atoms with E-state index in [1.165, 1.54) is 6.42 Å². The van der Waals surface area contributed by atoms with E-state index in [1.54, 1.807) is 0 Å². The van der Waals surface area contributed by atoms with Gasteiger partial charge in [-0.05, 0) is 18.3 Å². The normalized spacial score (nSPS) is 23.7. The molecule has 0 aromatic carbocycles. The summed E-state index contributed by atoms with van der Waals surface area (Å²) in [6.45, 7) is 8.85. The van der Waals surface area contributed by atoms with E-state index in [0.717, 1.165) is 37.2 Å². The Morgan fingerprint density at radius 2 is 2.25 bits per heavy atom. The van der Waals surface area contributed by atoms with Gasteiger partial charge in [0.25, 0.3) is 0 Å². The van der Waals surface area contributed by atoms with Crippen LogP contribution in [0.4, 0.5) is 0 Å². The van der Waals surface area contributed by atoms with Crippen molar-refractivity contribution in [3.05, 3.63) is 0 Å². The number of hydrogen-bond donors (Lipinski definition) is 1. The molecule has 0 aromatic rings. The summed E-state index contributed by atoms with van der Waals surface area (Å²) in [6, 6.07) is 0. The van der Waals surface area contributed by atoms with Crippen LogP contribution in [0.15, 0.2) is 0 Å². The van der Waals surface area contributed by atoms with E-state index in [2.05, 4.69) is 25.7 Å². The van der Waals surface area contributed by atoms with Gasteiger partial charge < -0.3 is 4.90 Å². The van der Waals surface area contributed by atoms with Gasteiger partial charge in [0.15, 0.2) is 0 Å². The van der Waals surface area contributed by atoms with Crippen LogP contribution in [0.3, 0.4) is 0 Å². The lowest BCUT2D eigenvalue weighted by molar-refractivity contribution is 0.386. The third-order valence-electron chi connectivity index (χ3n) is 2.88. The Bertz CT molecular complexity index is 163. The predicted octanol–water partition coefficient (Wildman–Crippen LogP) is 2.35. The Kier molecular flexibility index (Phi) is 3.12. The summed E-state index contributed by atoms with van der Waals surface area (Å²) >= 11 is 0. The molecular formula is C10H20N2. The third-order valence-corrected chi connectivity index (χ3v) is 2.88. The minimum absolute atomic E-state index is 0.777. The standard InChI is InChI=1S/C10H20N2/c1-4-10(11)12-6-5-9(7-12)8(2)3/h8-9,11H,4-7H2,1-3H3. The van der Waals surface area contributed by atoms with E-state index in [0.29, 0.717) is 0 Å². The quantitative estimate of drug-likeness (QED) is 0.497. The van der Waals surface area contributed by atoms with Gasteiger partial charge in [-0.15, -0.1) is 0 Å². The maximum Gasteiger partial charge on any atom is 0.0954 e. The lowest BCUT2D eigenvalue weighted by Gasteiger charge is -2.19. The average Bonchev–Trinajstić information content (AvgIpc) is 2.51. The summed E-state index contributed by atoms with van der Waals surface area (Å²) in [5.41, 5.74) is 0. The Morgan fingerprint density at radius 3 is 2.67 bits per heavy atom. The van der Waals surface area contributed by atoms with E-state index in [-0.39, 0.29) is 0 Å². The molecule has 0 radical (unpaired) electrons. The van der Waals surface area contributed by atoms with Crippen LogP contribution in [-0.4, -0.2) is 23.8 Å². The highest BCUT2D eigenvalue weighted by Crippen LogP contribution is 2.23. The SMILES string of the molecule is CCC(=N)N1CCC(C(C)C)C1. The topological polar surface area (TPSA) is 27.1 Å². The molecule has 0 spiro atoms. The van der Waals surface area contributed by atoms with Crippen LogP contribution in [0.25, 0.3) is 0 Å². The first-order valence-corrected chi connectivity index (χ1v) is 4.97. The highest BCUT2D eigenvalue weighted by molar-refractivity contribution is 5.79. The summed E-state index contributed by atoms with van der Waals surface area (Å²) in [4.78, 5) is 2.23. The van der Waals surface area contributed by atoms with Crippen molar-refractivity contribution in [2.24, 2.45) is 11.8 Å². The van der Waals surface area contributed by atoms with Crippen molar-refractivity contribution >= 4 is 5.84 Å². The van der Waals surface area contributed by atoms with Gasteiger partial charge in [0.1, 0.15) is 0 Å². The fourth-order valence-corrected chi connectivity index (χ4v) is 1.80. The van der Waals surface area contributed by atoms with Crippen LogP contribution in [-0.2, 0) is 0 Å².